The summed E-state index contributed by atoms with van der Waals surface area (Å²) in [5, 5.41) is 18.1. The summed E-state index contributed by atoms with van der Waals surface area (Å²) in [6.07, 6.45) is 0. The van der Waals surface area contributed by atoms with Gasteiger partial charge >= 0.3 is 0 Å². The van der Waals surface area contributed by atoms with Crippen LogP contribution in [0.2, 0.25) is 0 Å². The molecule has 15 heavy (non-hydrogen) atoms. The third kappa shape index (κ3) is 1.99. The molecule has 0 spiro atoms. The summed E-state index contributed by atoms with van der Waals surface area (Å²) in [6, 6.07) is 1.26. The van der Waals surface area contributed by atoms with Crippen LogP contribution in [0.1, 0.15) is 15.9 Å². The highest BCUT2D eigenvalue weighted by Crippen LogP contribution is 2.11. The van der Waals surface area contributed by atoms with Crippen LogP contribution in [0.15, 0.2) is 10.9 Å². The minimum atomic E-state index is -0.843. The number of carbonyl (C=O) groups is 1. The normalized spacial score (nSPS) is 10.3. The summed E-state index contributed by atoms with van der Waals surface area (Å²) in [5.41, 5.74) is 4.50. The fourth-order valence-corrected chi connectivity index (χ4v) is 1.37. The molecule has 82 valence electrons. The molecule has 1 aromatic heterocycles. The predicted octanol–water partition coefficient (Wildman–Crippen LogP) is -1.05. The number of rotatable bonds is 3. The number of aliphatic hydroxyl groups is 1. The summed E-state index contributed by atoms with van der Waals surface area (Å²) in [4.78, 5) is 22.6. The van der Waals surface area contributed by atoms with Gasteiger partial charge in [-0.25, -0.2) is 0 Å². The number of nitrogens with zero attached hydrogens (tertiary/aromatic N) is 1. The van der Waals surface area contributed by atoms with Crippen molar-refractivity contribution in [2.24, 2.45) is 5.73 Å². The highest BCUT2D eigenvalue weighted by molar-refractivity contribution is 5.93. The number of hydrogen-bond acceptors (Lipinski definition) is 4. The van der Waals surface area contributed by atoms with E-state index in [1.807, 2.05) is 0 Å². The first-order chi connectivity index (χ1) is 6.99. The van der Waals surface area contributed by atoms with Crippen molar-refractivity contribution < 1.29 is 15.0 Å². The molecule has 6 heteroatoms. The quantitative estimate of drug-likeness (QED) is 0.594. The number of aromatic hydroxyl groups is 1. The molecule has 6 nitrogen and oxygen atoms in total. The van der Waals surface area contributed by atoms with E-state index >= 15 is 0 Å². The average molecular weight is 212 g/mol. The first-order valence-electron chi connectivity index (χ1n) is 4.33. The van der Waals surface area contributed by atoms with Crippen LogP contribution in [0, 0.1) is 6.92 Å². The molecule has 0 unspecified atom stereocenters. The monoisotopic (exact) mass is 212 g/mol. The van der Waals surface area contributed by atoms with Crippen LogP contribution < -0.4 is 11.3 Å². The van der Waals surface area contributed by atoms with Gasteiger partial charge < -0.3 is 15.9 Å². The van der Waals surface area contributed by atoms with Gasteiger partial charge in [0, 0.05) is 6.07 Å². The molecule has 0 aliphatic heterocycles. The Morgan fingerprint density at radius 2 is 2.20 bits per heavy atom. The van der Waals surface area contributed by atoms with Gasteiger partial charge in [-0.2, -0.15) is 0 Å². The molecule has 0 saturated heterocycles. The van der Waals surface area contributed by atoms with Gasteiger partial charge in [-0.05, 0) is 12.5 Å². The number of nitrogens with two attached hydrogens (primary N) is 1. The molecule has 0 radical (unpaired) electrons. The largest absolute Gasteiger partial charge is 0.494 e. The zero-order chi connectivity index (χ0) is 11.6. The van der Waals surface area contributed by atoms with Crippen LogP contribution in [0.4, 0.5) is 0 Å². The molecule has 0 atom stereocenters. The van der Waals surface area contributed by atoms with Crippen molar-refractivity contribution in [3.63, 3.8) is 0 Å². The van der Waals surface area contributed by atoms with Gasteiger partial charge in [0.1, 0.15) is 5.56 Å². The maximum atomic E-state index is 11.6. The van der Waals surface area contributed by atoms with Crippen molar-refractivity contribution in [1.82, 2.24) is 4.57 Å². The standard InChI is InChI=1S/C9H12N2O4/c1-5-4-6(13)11(2-3-12)9(15)7(5)8(10)14/h4,12-13H,2-3H2,1H3,(H2,10,14). The predicted molar refractivity (Wildman–Crippen MR) is 52.7 cm³/mol. The van der Waals surface area contributed by atoms with Crippen LogP contribution in [0.5, 0.6) is 5.88 Å². The first kappa shape index (κ1) is 11.3. The minimum absolute atomic E-state index is 0.0781. The molecule has 1 rings (SSSR count). The maximum absolute atomic E-state index is 11.6. The number of aliphatic hydroxyl groups excluding tert-OH is 1. The van der Waals surface area contributed by atoms with E-state index in [1.165, 1.54) is 13.0 Å². The Labute approximate surface area is 85.6 Å². The lowest BCUT2D eigenvalue weighted by Crippen LogP contribution is -2.31. The van der Waals surface area contributed by atoms with Crippen molar-refractivity contribution in [3.05, 3.63) is 27.5 Å². The van der Waals surface area contributed by atoms with E-state index in [0.29, 0.717) is 5.56 Å². The number of aryl methyl sites for hydroxylation is 1. The van der Waals surface area contributed by atoms with E-state index < -0.39 is 11.5 Å². The van der Waals surface area contributed by atoms with Gasteiger partial charge in [-0.3, -0.25) is 14.2 Å². The van der Waals surface area contributed by atoms with Crippen molar-refractivity contribution in [2.45, 2.75) is 13.5 Å². The molecule has 0 saturated carbocycles. The summed E-state index contributed by atoms with van der Waals surface area (Å²) in [5.74, 6) is -1.14. The molecule has 0 aromatic carbocycles. The molecule has 4 N–H and O–H groups in total. The van der Waals surface area contributed by atoms with Crippen LogP contribution in [0.25, 0.3) is 0 Å². The van der Waals surface area contributed by atoms with E-state index in [9.17, 15) is 14.7 Å². The third-order valence-corrected chi connectivity index (χ3v) is 2.05. The van der Waals surface area contributed by atoms with Gasteiger partial charge in [0.05, 0.1) is 13.2 Å². The van der Waals surface area contributed by atoms with E-state index in [4.69, 9.17) is 10.8 Å². The van der Waals surface area contributed by atoms with Crippen molar-refractivity contribution >= 4 is 5.91 Å². The molecule has 0 aliphatic rings. The molecule has 1 amide bonds. The van der Waals surface area contributed by atoms with Crippen LogP contribution in [0.3, 0.4) is 0 Å². The van der Waals surface area contributed by atoms with Crippen LogP contribution >= 0.6 is 0 Å². The highest BCUT2D eigenvalue weighted by atomic mass is 16.3. The van der Waals surface area contributed by atoms with Crippen LogP contribution in [-0.4, -0.2) is 27.3 Å². The average Bonchev–Trinajstić information content (AvgIpc) is 2.11. The summed E-state index contributed by atoms with van der Waals surface area (Å²) < 4.78 is 0.896. The number of aromatic nitrogens is 1. The van der Waals surface area contributed by atoms with E-state index in [2.05, 4.69) is 0 Å². The summed E-state index contributed by atoms with van der Waals surface area (Å²) in [7, 11) is 0. The topological polar surface area (TPSA) is 106 Å². The van der Waals surface area contributed by atoms with Crippen molar-refractivity contribution in [3.8, 4) is 5.88 Å². The highest BCUT2D eigenvalue weighted by Gasteiger charge is 2.15. The fraction of sp³-hybridized carbons (Fsp3) is 0.333. The van der Waals surface area contributed by atoms with Crippen LogP contribution in [-0.2, 0) is 6.54 Å². The van der Waals surface area contributed by atoms with Gasteiger partial charge in [0.25, 0.3) is 11.5 Å². The van der Waals surface area contributed by atoms with Crippen molar-refractivity contribution in [2.75, 3.05) is 6.61 Å². The second kappa shape index (κ2) is 4.14. The Morgan fingerprint density at radius 3 is 2.67 bits per heavy atom. The Morgan fingerprint density at radius 1 is 1.60 bits per heavy atom. The fourth-order valence-electron chi connectivity index (χ4n) is 1.37. The molecule has 0 aliphatic carbocycles. The number of pyridine rings is 1. The second-order valence-electron chi connectivity index (χ2n) is 3.11. The summed E-state index contributed by atoms with van der Waals surface area (Å²) in [6.45, 7) is 1.12. The zero-order valence-corrected chi connectivity index (χ0v) is 8.23. The smallest absolute Gasteiger partial charge is 0.266 e. The second-order valence-corrected chi connectivity index (χ2v) is 3.11. The summed E-state index contributed by atoms with van der Waals surface area (Å²) >= 11 is 0. The molecular formula is C9H12N2O4. The Hall–Kier alpha value is -1.82. The Bertz CT molecular complexity index is 450. The molecule has 1 aromatic rings. The Kier molecular flexibility index (Phi) is 3.11. The van der Waals surface area contributed by atoms with Gasteiger partial charge in [-0.1, -0.05) is 0 Å². The van der Waals surface area contributed by atoms with Crippen molar-refractivity contribution in [1.29, 1.82) is 0 Å². The molecule has 1 heterocycles. The van der Waals surface area contributed by atoms with E-state index in [1.54, 1.807) is 0 Å². The van der Waals surface area contributed by atoms with E-state index in [-0.39, 0.29) is 24.6 Å². The number of carbonyl (C=O) groups excluding carboxylic acids is 1. The lowest BCUT2D eigenvalue weighted by Gasteiger charge is -2.09. The third-order valence-electron chi connectivity index (χ3n) is 2.05. The maximum Gasteiger partial charge on any atom is 0.266 e. The first-order valence-corrected chi connectivity index (χ1v) is 4.33. The number of amides is 1. The SMILES string of the molecule is Cc1cc(O)n(CCO)c(=O)c1C(N)=O. The Balaban J connectivity index is 3.49. The van der Waals surface area contributed by atoms with Gasteiger partial charge in [-0.15, -0.1) is 0 Å². The molecule has 0 fully saturated rings. The minimum Gasteiger partial charge on any atom is -0.494 e. The van der Waals surface area contributed by atoms with Gasteiger partial charge in [0.15, 0.2) is 5.88 Å². The van der Waals surface area contributed by atoms with Gasteiger partial charge in [0.2, 0.25) is 0 Å². The number of primary amides is 1. The zero-order valence-electron chi connectivity index (χ0n) is 8.23. The lowest BCUT2D eigenvalue weighted by atomic mass is 10.1. The molecule has 0 bridgehead atoms. The van der Waals surface area contributed by atoms with E-state index in [0.717, 1.165) is 4.57 Å². The molecular weight excluding hydrogens is 200 g/mol. The number of hydrogen-bond donors (Lipinski definition) is 3. The lowest BCUT2D eigenvalue weighted by molar-refractivity contribution is 0.0997.